The summed E-state index contributed by atoms with van der Waals surface area (Å²) < 4.78 is 57.7. The van der Waals surface area contributed by atoms with Crippen LogP contribution in [0.1, 0.15) is 41.6 Å². The summed E-state index contributed by atoms with van der Waals surface area (Å²) in [4.78, 5) is 31.7. The Hall–Kier alpha value is -2.24. The van der Waals surface area contributed by atoms with E-state index in [1.54, 1.807) is 0 Å². The number of likely N-dealkylation sites (tertiary alicyclic amines) is 2. The number of hydrogen-bond donors (Lipinski definition) is 1. The minimum Gasteiger partial charge on any atom is -0.379 e. The molecule has 11 heteroatoms. The summed E-state index contributed by atoms with van der Waals surface area (Å²) in [5.41, 5.74) is -1.54. The zero-order valence-corrected chi connectivity index (χ0v) is 20.4. The number of carbonyl (C=O) groups is 2. The second-order valence-electron chi connectivity index (χ2n) is 9.92. The van der Waals surface area contributed by atoms with Crippen LogP contribution in [-0.4, -0.2) is 98.1 Å². The Bertz CT molecular complexity index is 907. The second kappa shape index (κ2) is 11.9. The van der Waals surface area contributed by atoms with Gasteiger partial charge in [0.1, 0.15) is 5.82 Å². The van der Waals surface area contributed by atoms with Crippen LogP contribution in [0, 0.1) is 11.7 Å². The van der Waals surface area contributed by atoms with E-state index in [9.17, 15) is 27.2 Å². The van der Waals surface area contributed by atoms with Crippen molar-refractivity contribution in [2.75, 3.05) is 65.6 Å². The molecular weight excluding hydrogens is 480 g/mol. The first-order valence-corrected chi connectivity index (χ1v) is 12.7. The van der Waals surface area contributed by atoms with E-state index in [0.29, 0.717) is 50.7 Å². The normalized spacial score (nSPS) is 21.5. The lowest BCUT2D eigenvalue weighted by Gasteiger charge is -2.40. The van der Waals surface area contributed by atoms with E-state index >= 15 is 0 Å². The molecule has 3 heterocycles. The van der Waals surface area contributed by atoms with Crippen molar-refractivity contribution < 1.29 is 31.9 Å². The lowest BCUT2D eigenvalue weighted by molar-refractivity contribution is -0.138. The highest BCUT2D eigenvalue weighted by Gasteiger charge is 2.32. The molecule has 0 spiro atoms. The summed E-state index contributed by atoms with van der Waals surface area (Å²) in [6.45, 7) is 7.23. The van der Waals surface area contributed by atoms with Gasteiger partial charge >= 0.3 is 6.18 Å². The van der Waals surface area contributed by atoms with Crippen molar-refractivity contribution in [1.82, 2.24) is 20.0 Å². The zero-order valence-electron chi connectivity index (χ0n) is 20.4. The Balaban J connectivity index is 1.16. The average Bonchev–Trinajstić information content (AvgIpc) is 2.87. The third kappa shape index (κ3) is 7.17. The van der Waals surface area contributed by atoms with Gasteiger partial charge in [0.05, 0.1) is 25.3 Å². The topological polar surface area (TPSA) is 65.1 Å². The highest BCUT2D eigenvalue weighted by atomic mass is 19.4. The Morgan fingerprint density at radius 1 is 0.944 bits per heavy atom. The first-order chi connectivity index (χ1) is 17.2. The summed E-state index contributed by atoms with van der Waals surface area (Å²) >= 11 is 0. The van der Waals surface area contributed by atoms with E-state index in [1.165, 1.54) is 0 Å². The van der Waals surface area contributed by atoms with Crippen LogP contribution in [-0.2, 0) is 15.7 Å². The third-order valence-corrected chi connectivity index (χ3v) is 7.48. The van der Waals surface area contributed by atoms with Crippen molar-refractivity contribution in [2.24, 2.45) is 5.92 Å². The molecule has 0 saturated carbocycles. The zero-order chi connectivity index (χ0) is 25.7. The molecule has 3 saturated heterocycles. The molecule has 7 nitrogen and oxygen atoms in total. The molecule has 0 atom stereocenters. The molecule has 3 aliphatic rings. The fraction of sp³-hybridized carbons (Fsp3) is 0.680. The smallest absolute Gasteiger partial charge is 0.379 e. The molecule has 0 aliphatic carbocycles. The van der Waals surface area contributed by atoms with Gasteiger partial charge in [0.25, 0.3) is 5.91 Å². The molecule has 1 N–H and O–H groups in total. The van der Waals surface area contributed by atoms with Gasteiger partial charge in [-0.25, -0.2) is 4.39 Å². The number of nitrogens with one attached hydrogen (secondary N) is 1. The third-order valence-electron chi connectivity index (χ3n) is 7.48. The quantitative estimate of drug-likeness (QED) is 0.592. The fourth-order valence-corrected chi connectivity index (χ4v) is 5.29. The van der Waals surface area contributed by atoms with Crippen molar-refractivity contribution in [3.63, 3.8) is 0 Å². The molecule has 1 aromatic carbocycles. The van der Waals surface area contributed by atoms with Gasteiger partial charge in [0, 0.05) is 57.4 Å². The van der Waals surface area contributed by atoms with Crippen LogP contribution in [0.2, 0.25) is 0 Å². The molecule has 36 heavy (non-hydrogen) atoms. The van der Waals surface area contributed by atoms with Crippen molar-refractivity contribution in [1.29, 1.82) is 0 Å². The van der Waals surface area contributed by atoms with Crippen LogP contribution in [0.3, 0.4) is 0 Å². The molecule has 200 valence electrons. The van der Waals surface area contributed by atoms with Crippen LogP contribution >= 0.6 is 0 Å². The Morgan fingerprint density at radius 2 is 1.61 bits per heavy atom. The number of halogens is 4. The van der Waals surface area contributed by atoms with E-state index in [-0.39, 0.29) is 23.9 Å². The molecule has 3 fully saturated rings. The number of carbonyl (C=O) groups excluding carboxylic acids is 2. The number of piperidine rings is 2. The van der Waals surface area contributed by atoms with Gasteiger partial charge in [0.2, 0.25) is 5.91 Å². The maximum Gasteiger partial charge on any atom is 0.416 e. The molecule has 4 rings (SSSR count). The van der Waals surface area contributed by atoms with Gasteiger partial charge in [-0.15, -0.1) is 0 Å². The lowest BCUT2D eigenvalue weighted by Crippen LogP contribution is -2.51. The number of benzene rings is 1. The van der Waals surface area contributed by atoms with E-state index in [0.717, 1.165) is 58.3 Å². The number of ether oxygens (including phenoxy) is 1. The van der Waals surface area contributed by atoms with Gasteiger partial charge in [-0.05, 0) is 49.8 Å². The second-order valence-corrected chi connectivity index (χ2v) is 9.92. The molecular formula is C25H34F4N4O3. The Labute approximate surface area is 208 Å². The first kappa shape index (κ1) is 26.8. The lowest BCUT2D eigenvalue weighted by atomic mass is 9.96. The van der Waals surface area contributed by atoms with E-state index < -0.39 is 23.5 Å². The van der Waals surface area contributed by atoms with Crippen molar-refractivity contribution in [2.45, 2.75) is 37.9 Å². The van der Waals surface area contributed by atoms with Crippen molar-refractivity contribution >= 4 is 11.8 Å². The summed E-state index contributed by atoms with van der Waals surface area (Å²) in [6, 6.07) is 2.40. The summed E-state index contributed by atoms with van der Waals surface area (Å²) in [7, 11) is 0. The Morgan fingerprint density at radius 3 is 2.25 bits per heavy atom. The van der Waals surface area contributed by atoms with Gasteiger partial charge in [-0.3, -0.25) is 19.4 Å². The summed E-state index contributed by atoms with van der Waals surface area (Å²) in [5.74, 6) is -1.62. The standard InChI is InChI=1S/C25H34F4N4O3/c26-21-14-19(13-20(15-21)25(27,28)29)24(35)30-16-18-1-7-33(8-2-18)23(34)17-31-5-3-22(4-6-31)32-9-11-36-12-10-32/h13-15,18,22H,1-12,16-17H2,(H,30,35). The monoisotopic (exact) mass is 514 g/mol. The van der Waals surface area contributed by atoms with Crippen molar-refractivity contribution in [3.8, 4) is 0 Å². The highest BCUT2D eigenvalue weighted by molar-refractivity contribution is 5.94. The molecule has 2 amide bonds. The molecule has 0 aromatic heterocycles. The van der Waals surface area contributed by atoms with Crippen LogP contribution in [0.5, 0.6) is 0 Å². The van der Waals surface area contributed by atoms with E-state index in [2.05, 4.69) is 15.1 Å². The molecule has 0 bridgehead atoms. The SMILES string of the molecule is O=C(NCC1CCN(C(=O)CN2CCC(N3CCOCC3)CC2)CC1)c1cc(F)cc(C(F)(F)F)c1. The summed E-state index contributed by atoms with van der Waals surface area (Å²) in [5, 5.41) is 2.62. The van der Waals surface area contributed by atoms with Crippen molar-refractivity contribution in [3.05, 3.63) is 35.1 Å². The van der Waals surface area contributed by atoms with Crippen LogP contribution in [0.25, 0.3) is 0 Å². The minimum absolute atomic E-state index is 0.109. The predicted molar refractivity (Wildman–Crippen MR) is 125 cm³/mol. The van der Waals surface area contributed by atoms with Crippen LogP contribution < -0.4 is 5.32 Å². The molecule has 1 aromatic rings. The highest BCUT2D eigenvalue weighted by Crippen LogP contribution is 2.30. The number of morpholine rings is 1. The maximum atomic E-state index is 13.6. The number of amides is 2. The Kier molecular flexibility index (Phi) is 8.84. The van der Waals surface area contributed by atoms with E-state index in [1.807, 2.05) is 4.90 Å². The van der Waals surface area contributed by atoms with Gasteiger partial charge < -0.3 is 15.0 Å². The van der Waals surface area contributed by atoms with Gasteiger partial charge in [-0.2, -0.15) is 13.2 Å². The number of nitrogens with zero attached hydrogens (tertiary/aromatic N) is 3. The van der Waals surface area contributed by atoms with Gasteiger partial charge in [0.15, 0.2) is 0 Å². The molecule has 0 unspecified atom stereocenters. The number of alkyl halides is 3. The average molecular weight is 515 g/mol. The first-order valence-electron chi connectivity index (χ1n) is 12.7. The van der Waals surface area contributed by atoms with Crippen LogP contribution in [0.15, 0.2) is 18.2 Å². The summed E-state index contributed by atoms with van der Waals surface area (Å²) in [6.07, 6.45) is -1.21. The van der Waals surface area contributed by atoms with Gasteiger partial charge in [-0.1, -0.05) is 0 Å². The maximum absolute atomic E-state index is 13.6. The number of rotatable bonds is 6. The fourth-order valence-electron chi connectivity index (χ4n) is 5.29. The van der Waals surface area contributed by atoms with Crippen LogP contribution in [0.4, 0.5) is 17.6 Å². The molecule has 3 aliphatic heterocycles. The molecule has 0 radical (unpaired) electrons. The number of hydrogen-bond acceptors (Lipinski definition) is 5. The predicted octanol–water partition coefficient (Wildman–Crippen LogP) is 2.61. The van der Waals surface area contributed by atoms with E-state index in [4.69, 9.17) is 4.74 Å². The minimum atomic E-state index is -4.73. The largest absolute Gasteiger partial charge is 0.416 e.